The molecule has 1 aliphatic rings. The molecule has 0 saturated heterocycles. The Balaban J connectivity index is 2.29. The van der Waals surface area contributed by atoms with Crippen molar-refractivity contribution in [1.82, 2.24) is 0 Å². The highest BCUT2D eigenvalue weighted by molar-refractivity contribution is 5.69. The summed E-state index contributed by atoms with van der Waals surface area (Å²) in [7, 11) is 1.40. The third kappa shape index (κ3) is 9.85. The standard InChI is InChI=1S/C23H40O5/c1-3-28-19-13-9-5-4-6-10-14-20-21(24)16-18-23(20,26)17-12-8-7-11-15-22(25)27-2/h8,10,12,14,20-21,24,26H,3-7,9,11,13,15-19H2,1-2H3/t20-,21+,23?/m1/s1. The SMILES string of the molecule is CCOCCCCCCC=C[C@@H]1[C@@H](O)CCC1(O)CC=CCCCC(=O)OC. The van der Waals surface area contributed by atoms with Crippen LogP contribution in [0.4, 0.5) is 0 Å². The van der Waals surface area contributed by atoms with E-state index < -0.39 is 11.7 Å². The van der Waals surface area contributed by atoms with Crippen LogP contribution in [0.3, 0.4) is 0 Å². The number of rotatable bonds is 15. The van der Waals surface area contributed by atoms with Gasteiger partial charge in [0, 0.05) is 25.6 Å². The van der Waals surface area contributed by atoms with Gasteiger partial charge < -0.3 is 19.7 Å². The number of hydrogen-bond acceptors (Lipinski definition) is 5. The number of allylic oxidation sites excluding steroid dienone is 2. The Bertz CT molecular complexity index is 474. The predicted molar refractivity (Wildman–Crippen MR) is 112 cm³/mol. The third-order valence-corrected chi connectivity index (χ3v) is 5.48. The molecule has 28 heavy (non-hydrogen) atoms. The number of aliphatic hydroxyl groups excluding tert-OH is 1. The topological polar surface area (TPSA) is 76.0 Å². The molecular weight excluding hydrogens is 356 g/mol. The number of unbranched alkanes of at least 4 members (excludes halogenated alkanes) is 5. The van der Waals surface area contributed by atoms with E-state index >= 15 is 0 Å². The van der Waals surface area contributed by atoms with E-state index in [4.69, 9.17) is 4.74 Å². The maximum atomic E-state index is 11.1. The fourth-order valence-electron chi connectivity index (χ4n) is 3.73. The molecule has 0 amide bonds. The highest BCUT2D eigenvalue weighted by Crippen LogP contribution is 2.39. The molecule has 1 unspecified atom stereocenters. The van der Waals surface area contributed by atoms with Crippen molar-refractivity contribution in [2.45, 2.75) is 89.3 Å². The number of hydrogen-bond donors (Lipinski definition) is 2. The summed E-state index contributed by atoms with van der Waals surface area (Å²) in [5, 5.41) is 21.3. The number of carbonyl (C=O) groups is 1. The van der Waals surface area contributed by atoms with Gasteiger partial charge in [0.1, 0.15) is 0 Å². The lowest BCUT2D eigenvalue weighted by Crippen LogP contribution is -2.35. The Morgan fingerprint density at radius 1 is 1.11 bits per heavy atom. The van der Waals surface area contributed by atoms with Gasteiger partial charge in [0.25, 0.3) is 0 Å². The summed E-state index contributed by atoms with van der Waals surface area (Å²) in [6, 6.07) is 0. The van der Waals surface area contributed by atoms with E-state index in [9.17, 15) is 15.0 Å². The van der Waals surface area contributed by atoms with Gasteiger partial charge in [0.2, 0.25) is 0 Å². The van der Waals surface area contributed by atoms with Crippen LogP contribution in [-0.4, -0.2) is 48.2 Å². The zero-order chi connectivity index (χ0) is 20.7. The molecule has 0 aliphatic heterocycles. The molecule has 0 bridgehead atoms. The Morgan fingerprint density at radius 2 is 1.86 bits per heavy atom. The first-order chi connectivity index (χ1) is 13.5. The molecule has 5 heteroatoms. The van der Waals surface area contributed by atoms with Gasteiger partial charge in [-0.15, -0.1) is 0 Å². The van der Waals surface area contributed by atoms with Gasteiger partial charge >= 0.3 is 5.97 Å². The second-order valence-electron chi connectivity index (χ2n) is 7.71. The van der Waals surface area contributed by atoms with Crippen molar-refractivity contribution in [3.8, 4) is 0 Å². The average Bonchev–Trinajstić information content (AvgIpc) is 2.97. The molecule has 0 aromatic heterocycles. The van der Waals surface area contributed by atoms with Crippen LogP contribution < -0.4 is 0 Å². The highest BCUT2D eigenvalue weighted by Gasteiger charge is 2.44. The minimum absolute atomic E-state index is 0.189. The Morgan fingerprint density at radius 3 is 2.61 bits per heavy atom. The zero-order valence-corrected chi connectivity index (χ0v) is 17.8. The minimum Gasteiger partial charge on any atom is -0.469 e. The third-order valence-electron chi connectivity index (χ3n) is 5.48. The lowest BCUT2D eigenvalue weighted by atomic mass is 9.86. The van der Waals surface area contributed by atoms with Gasteiger partial charge in [-0.25, -0.2) is 0 Å². The number of carbonyl (C=O) groups excluding carboxylic acids is 1. The highest BCUT2D eigenvalue weighted by atomic mass is 16.5. The molecule has 0 heterocycles. The summed E-state index contributed by atoms with van der Waals surface area (Å²) in [4.78, 5) is 11.1. The van der Waals surface area contributed by atoms with Gasteiger partial charge in [-0.05, 0) is 58.3 Å². The second kappa shape index (κ2) is 14.8. The molecule has 1 rings (SSSR count). The molecule has 1 aliphatic carbocycles. The van der Waals surface area contributed by atoms with Crippen LogP contribution in [0, 0.1) is 5.92 Å². The van der Waals surface area contributed by atoms with Gasteiger partial charge in [-0.3, -0.25) is 4.79 Å². The molecule has 0 aromatic rings. The first-order valence-electron chi connectivity index (χ1n) is 10.9. The number of esters is 1. The molecule has 2 N–H and O–H groups in total. The van der Waals surface area contributed by atoms with E-state index in [0.717, 1.165) is 45.3 Å². The van der Waals surface area contributed by atoms with Gasteiger partial charge in [0.15, 0.2) is 0 Å². The van der Waals surface area contributed by atoms with Crippen molar-refractivity contribution in [2.24, 2.45) is 5.92 Å². The largest absolute Gasteiger partial charge is 0.469 e. The first-order valence-corrected chi connectivity index (χ1v) is 10.9. The van der Waals surface area contributed by atoms with Crippen LogP contribution in [0.5, 0.6) is 0 Å². The van der Waals surface area contributed by atoms with Crippen molar-refractivity contribution in [2.75, 3.05) is 20.3 Å². The maximum Gasteiger partial charge on any atom is 0.305 e. The van der Waals surface area contributed by atoms with Crippen molar-refractivity contribution in [3.63, 3.8) is 0 Å². The van der Waals surface area contributed by atoms with Gasteiger partial charge in [0.05, 0.1) is 18.8 Å². The molecule has 0 aromatic carbocycles. The average molecular weight is 397 g/mol. The summed E-state index contributed by atoms with van der Waals surface area (Å²) in [6.45, 7) is 3.66. The zero-order valence-electron chi connectivity index (χ0n) is 17.8. The quantitative estimate of drug-likeness (QED) is 0.245. The molecule has 1 saturated carbocycles. The molecule has 5 nitrogen and oxygen atoms in total. The van der Waals surface area contributed by atoms with Crippen LogP contribution in [0.1, 0.15) is 77.6 Å². The van der Waals surface area contributed by atoms with Crippen molar-refractivity contribution in [1.29, 1.82) is 0 Å². The molecule has 0 spiro atoms. The Kier molecular flexibility index (Phi) is 13.1. The smallest absolute Gasteiger partial charge is 0.305 e. The number of ether oxygens (including phenoxy) is 2. The first kappa shape index (κ1) is 24.9. The lowest BCUT2D eigenvalue weighted by Gasteiger charge is -2.28. The van der Waals surface area contributed by atoms with Gasteiger partial charge in [-0.2, -0.15) is 0 Å². The summed E-state index contributed by atoms with van der Waals surface area (Å²) in [6.07, 6.45) is 17.0. The molecule has 3 atom stereocenters. The number of methoxy groups -OCH3 is 1. The molecule has 1 fully saturated rings. The van der Waals surface area contributed by atoms with Crippen LogP contribution in [0.15, 0.2) is 24.3 Å². The molecule has 162 valence electrons. The predicted octanol–water partition coefficient (Wildman–Crippen LogP) is 4.32. The summed E-state index contributed by atoms with van der Waals surface area (Å²) in [5.41, 5.74) is -0.869. The Labute approximate surface area is 170 Å². The van der Waals surface area contributed by atoms with Crippen LogP contribution in [0.25, 0.3) is 0 Å². The number of aliphatic hydroxyl groups is 2. The summed E-state index contributed by atoms with van der Waals surface area (Å²) in [5.74, 6) is -0.393. The van der Waals surface area contributed by atoms with Crippen LogP contribution >= 0.6 is 0 Å². The van der Waals surface area contributed by atoms with E-state index in [1.165, 1.54) is 20.0 Å². The van der Waals surface area contributed by atoms with Crippen molar-refractivity contribution in [3.05, 3.63) is 24.3 Å². The van der Waals surface area contributed by atoms with E-state index in [1.807, 2.05) is 25.2 Å². The van der Waals surface area contributed by atoms with Crippen molar-refractivity contribution < 1.29 is 24.5 Å². The Hall–Kier alpha value is -1.17. The minimum atomic E-state index is -0.869. The van der Waals surface area contributed by atoms with E-state index in [2.05, 4.69) is 10.8 Å². The summed E-state index contributed by atoms with van der Waals surface area (Å²) < 4.78 is 9.96. The maximum absolute atomic E-state index is 11.1. The fraction of sp³-hybridized carbons (Fsp3) is 0.783. The molecular formula is C23H40O5. The summed E-state index contributed by atoms with van der Waals surface area (Å²) >= 11 is 0. The monoisotopic (exact) mass is 396 g/mol. The normalized spacial score (nSPS) is 25.1. The van der Waals surface area contributed by atoms with E-state index in [0.29, 0.717) is 25.7 Å². The second-order valence-corrected chi connectivity index (χ2v) is 7.71. The van der Waals surface area contributed by atoms with Crippen LogP contribution in [0.2, 0.25) is 0 Å². The van der Waals surface area contributed by atoms with Crippen molar-refractivity contribution >= 4 is 5.97 Å². The van der Waals surface area contributed by atoms with Gasteiger partial charge in [-0.1, -0.05) is 37.1 Å². The van der Waals surface area contributed by atoms with E-state index in [-0.39, 0.29) is 11.9 Å². The molecule has 0 radical (unpaired) electrons. The van der Waals surface area contributed by atoms with E-state index in [1.54, 1.807) is 0 Å². The van der Waals surface area contributed by atoms with Crippen LogP contribution in [-0.2, 0) is 14.3 Å². The fourth-order valence-corrected chi connectivity index (χ4v) is 3.73. The lowest BCUT2D eigenvalue weighted by molar-refractivity contribution is -0.140.